The van der Waals surface area contributed by atoms with E-state index in [1.165, 1.54) is 19.2 Å². The summed E-state index contributed by atoms with van der Waals surface area (Å²) in [5, 5.41) is 18.5. The summed E-state index contributed by atoms with van der Waals surface area (Å²) < 4.78 is 4.96. The van der Waals surface area contributed by atoms with Crippen molar-refractivity contribution in [3.8, 4) is 12.1 Å². The third-order valence-corrected chi connectivity index (χ3v) is 3.02. The molecular weight excluding hydrogens is 266 g/mol. The van der Waals surface area contributed by atoms with Crippen LogP contribution in [0, 0.1) is 28.6 Å². The minimum absolute atomic E-state index is 0.158. The standard InChI is InChI=1S/C13H12ClN3O2/c1-3-19-12(18)13(2,9(6-15)7-16)11-5-4-10(14)8-17-11/h4-5,8-9H,3H2,1-2H3/t13-/m0/s1. The van der Waals surface area contributed by atoms with Gasteiger partial charge >= 0.3 is 5.97 Å². The highest BCUT2D eigenvalue weighted by molar-refractivity contribution is 6.30. The van der Waals surface area contributed by atoms with Gasteiger partial charge in [-0.25, -0.2) is 0 Å². The molecule has 0 aliphatic heterocycles. The number of esters is 1. The van der Waals surface area contributed by atoms with Crippen molar-refractivity contribution in [2.45, 2.75) is 19.3 Å². The molecule has 0 saturated heterocycles. The fourth-order valence-electron chi connectivity index (χ4n) is 1.62. The molecule has 0 N–H and O–H groups in total. The molecule has 0 radical (unpaired) electrons. The molecule has 6 heteroatoms. The number of rotatable bonds is 4. The summed E-state index contributed by atoms with van der Waals surface area (Å²) >= 11 is 5.74. The maximum absolute atomic E-state index is 12.1. The molecule has 5 nitrogen and oxygen atoms in total. The molecule has 0 aliphatic carbocycles. The normalized spacial score (nSPS) is 13.2. The number of halogens is 1. The quantitative estimate of drug-likeness (QED) is 0.788. The summed E-state index contributed by atoms with van der Waals surface area (Å²) in [5.74, 6) is -1.85. The number of pyridine rings is 1. The molecule has 1 aromatic rings. The summed E-state index contributed by atoms with van der Waals surface area (Å²) in [4.78, 5) is 16.1. The summed E-state index contributed by atoms with van der Waals surface area (Å²) in [6.45, 7) is 3.28. The van der Waals surface area contributed by atoms with Crippen molar-refractivity contribution in [2.75, 3.05) is 6.61 Å². The van der Waals surface area contributed by atoms with Crippen LogP contribution in [0.2, 0.25) is 5.02 Å². The number of hydrogen-bond acceptors (Lipinski definition) is 5. The van der Waals surface area contributed by atoms with Crippen molar-refractivity contribution in [3.05, 3.63) is 29.0 Å². The number of aromatic nitrogens is 1. The van der Waals surface area contributed by atoms with E-state index >= 15 is 0 Å². The second-order valence-corrected chi connectivity index (χ2v) is 4.41. The van der Waals surface area contributed by atoms with Gasteiger partial charge in [-0.15, -0.1) is 0 Å². The second-order valence-electron chi connectivity index (χ2n) is 3.98. The minimum Gasteiger partial charge on any atom is -0.465 e. The Morgan fingerprint density at radius 1 is 1.53 bits per heavy atom. The zero-order valence-corrected chi connectivity index (χ0v) is 11.3. The Hall–Kier alpha value is -2.11. The number of ether oxygens (including phenoxy) is 1. The van der Waals surface area contributed by atoms with Crippen LogP contribution in [0.1, 0.15) is 19.5 Å². The summed E-state index contributed by atoms with van der Waals surface area (Å²) in [6, 6.07) is 6.68. The molecule has 0 unspecified atom stereocenters. The zero-order chi connectivity index (χ0) is 14.5. The van der Waals surface area contributed by atoms with Crippen LogP contribution in [0.4, 0.5) is 0 Å². The number of hydrogen-bond donors (Lipinski definition) is 0. The lowest BCUT2D eigenvalue weighted by Crippen LogP contribution is -2.41. The lowest BCUT2D eigenvalue weighted by atomic mass is 9.75. The Kier molecular flexibility index (Phi) is 4.86. The predicted molar refractivity (Wildman–Crippen MR) is 67.9 cm³/mol. The van der Waals surface area contributed by atoms with Gasteiger partial charge < -0.3 is 4.74 Å². The van der Waals surface area contributed by atoms with E-state index in [1.54, 1.807) is 13.0 Å². The topological polar surface area (TPSA) is 86.8 Å². The minimum atomic E-state index is -1.44. The van der Waals surface area contributed by atoms with Crippen molar-refractivity contribution in [3.63, 3.8) is 0 Å². The SMILES string of the molecule is CCOC(=O)[C@](C)(c1ccc(Cl)cn1)C(C#N)C#N. The van der Waals surface area contributed by atoms with Crippen LogP contribution in [-0.4, -0.2) is 17.6 Å². The molecule has 0 fully saturated rings. The molecule has 1 aromatic heterocycles. The molecule has 0 saturated carbocycles. The number of nitrogens with zero attached hydrogens (tertiary/aromatic N) is 3. The fraction of sp³-hybridized carbons (Fsp3) is 0.385. The van der Waals surface area contributed by atoms with Crippen LogP contribution >= 0.6 is 11.6 Å². The molecule has 98 valence electrons. The van der Waals surface area contributed by atoms with Gasteiger partial charge in [-0.2, -0.15) is 10.5 Å². The van der Waals surface area contributed by atoms with Crippen LogP contribution in [0.25, 0.3) is 0 Å². The molecule has 0 amide bonds. The van der Waals surface area contributed by atoms with Crippen LogP contribution in [0.5, 0.6) is 0 Å². The average Bonchev–Trinajstić information content (AvgIpc) is 2.40. The Bertz CT molecular complexity index is 530. The monoisotopic (exact) mass is 277 g/mol. The van der Waals surface area contributed by atoms with Crippen molar-refractivity contribution in [2.24, 2.45) is 5.92 Å². The van der Waals surface area contributed by atoms with Gasteiger partial charge in [0.2, 0.25) is 0 Å². The number of nitriles is 2. The van der Waals surface area contributed by atoms with Crippen LogP contribution < -0.4 is 0 Å². The molecule has 1 heterocycles. The number of carbonyl (C=O) groups is 1. The van der Waals surface area contributed by atoms with E-state index in [1.807, 2.05) is 12.1 Å². The van der Waals surface area contributed by atoms with E-state index in [0.29, 0.717) is 5.02 Å². The molecule has 0 aliphatic rings. The lowest BCUT2D eigenvalue weighted by Gasteiger charge is -2.27. The molecule has 1 rings (SSSR count). The van der Waals surface area contributed by atoms with Gasteiger partial charge in [0.25, 0.3) is 0 Å². The Morgan fingerprint density at radius 3 is 2.58 bits per heavy atom. The van der Waals surface area contributed by atoms with Gasteiger partial charge in [0.15, 0.2) is 5.92 Å². The smallest absolute Gasteiger partial charge is 0.320 e. The summed E-state index contributed by atoms with van der Waals surface area (Å²) in [7, 11) is 0. The second kappa shape index (κ2) is 6.17. The molecular formula is C13H12ClN3O2. The van der Waals surface area contributed by atoms with Crippen molar-refractivity contribution < 1.29 is 9.53 Å². The Morgan fingerprint density at radius 2 is 2.16 bits per heavy atom. The van der Waals surface area contributed by atoms with Crippen LogP contribution in [-0.2, 0) is 14.9 Å². The maximum Gasteiger partial charge on any atom is 0.320 e. The van der Waals surface area contributed by atoms with E-state index < -0.39 is 17.3 Å². The Labute approximate surface area is 116 Å². The van der Waals surface area contributed by atoms with Crippen molar-refractivity contribution in [1.29, 1.82) is 10.5 Å². The Balaban J connectivity index is 3.35. The van der Waals surface area contributed by atoms with Gasteiger partial charge in [-0.1, -0.05) is 11.6 Å². The fourth-order valence-corrected chi connectivity index (χ4v) is 1.73. The largest absolute Gasteiger partial charge is 0.465 e. The van der Waals surface area contributed by atoms with Gasteiger partial charge in [-0.05, 0) is 26.0 Å². The zero-order valence-electron chi connectivity index (χ0n) is 10.6. The molecule has 0 spiro atoms. The van der Waals surface area contributed by atoms with E-state index in [-0.39, 0.29) is 12.3 Å². The van der Waals surface area contributed by atoms with Gasteiger partial charge in [0, 0.05) is 6.20 Å². The summed E-state index contributed by atoms with van der Waals surface area (Å²) in [5.41, 5.74) is -1.16. The van der Waals surface area contributed by atoms with Crippen molar-refractivity contribution >= 4 is 17.6 Å². The van der Waals surface area contributed by atoms with Gasteiger partial charge in [0.05, 0.1) is 29.5 Å². The molecule has 1 atom stereocenters. The first-order valence-electron chi connectivity index (χ1n) is 5.59. The number of carbonyl (C=O) groups excluding carboxylic acids is 1. The highest BCUT2D eigenvalue weighted by atomic mass is 35.5. The van der Waals surface area contributed by atoms with Crippen molar-refractivity contribution in [1.82, 2.24) is 4.98 Å². The van der Waals surface area contributed by atoms with E-state index in [9.17, 15) is 4.79 Å². The van der Waals surface area contributed by atoms with E-state index in [4.69, 9.17) is 26.9 Å². The van der Waals surface area contributed by atoms with Gasteiger partial charge in [0.1, 0.15) is 5.41 Å². The third-order valence-electron chi connectivity index (χ3n) is 2.79. The first kappa shape index (κ1) is 14.9. The van der Waals surface area contributed by atoms with E-state index in [0.717, 1.165) is 0 Å². The highest BCUT2D eigenvalue weighted by Gasteiger charge is 2.46. The first-order chi connectivity index (χ1) is 9.00. The average molecular weight is 278 g/mol. The van der Waals surface area contributed by atoms with Crippen LogP contribution in [0.3, 0.4) is 0 Å². The first-order valence-corrected chi connectivity index (χ1v) is 5.97. The highest BCUT2D eigenvalue weighted by Crippen LogP contribution is 2.32. The molecule has 0 bridgehead atoms. The molecule has 19 heavy (non-hydrogen) atoms. The van der Waals surface area contributed by atoms with Crippen LogP contribution in [0.15, 0.2) is 18.3 Å². The predicted octanol–water partition coefficient (Wildman–Crippen LogP) is 2.22. The lowest BCUT2D eigenvalue weighted by molar-refractivity contribution is -0.150. The van der Waals surface area contributed by atoms with Gasteiger partial charge in [-0.3, -0.25) is 9.78 Å². The maximum atomic E-state index is 12.1. The molecule has 0 aromatic carbocycles. The third kappa shape index (κ3) is 2.83. The summed E-state index contributed by atoms with van der Waals surface area (Å²) in [6.07, 6.45) is 1.36. The van der Waals surface area contributed by atoms with E-state index in [2.05, 4.69) is 4.98 Å².